The number of carbonyl (C=O) groups is 1. The molecular weight excluding hydrogens is 560 g/mol. The standard InChI is InChI=1S/C37H54N6O2/c1-8-10-32(34-23-43-36(39-24-40-43)28(6)27(34)5)35(25(2)3)33-21-30(13-12-26(33)4)29-14-17-42(18-15-29)37(44)38-22-31-11-9-16-41(31)19-20-45-7/h12-13,21,23-25,29,31H,8-11,14-20,22H2,1-7H3,(H,38,44)/b35-32+. The van der Waals surface area contributed by atoms with Gasteiger partial charge in [-0.2, -0.15) is 5.10 Å². The van der Waals surface area contributed by atoms with Gasteiger partial charge in [-0.15, -0.1) is 0 Å². The fraction of sp³-hybridized carbons (Fsp3) is 0.595. The number of nitrogens with zero attached hydrogens (tertiary/aromatic N) is 5. The van der Waals surface area contributed by atoms with Crippen molar-refractivity contribution in [3.8, 4) is 0 Å². The lowest BCUT2D eigenvalue weighted by atomic mass is 9.80. The number of likely N-dealkylation sites (tertiary alicyclic amines) is 2. The highest BCUT2D eigenvalue weighted by molar-refractivity contribution is 5.93. The van der Waals surface area contributed by atoms with E-state index >= 15 is 0 Å². The van der Waals surface area contributed by atoms with Crippen LogP contribution in [-0.2, 0) is 4.74 Å². The monoisotopic (exact) mass is 614 g/mol. The van der Waals surface area contributed by atoms with Gasteiger partial charge in [0, 0.05) is 45.5 Å². The van der Waals surface area contributed by atoms with Crippen molar-refractivity contribution in [2.75, 3.05) is 46.4 Å². The third-order valence-corrected chi connectivity index (χ3v) is 10.2. The molecule has 5 rings (SSSR count). The Hall–Kier alpha value is -3.23. The Morgan fingerprint density at radius 1 is 1.07 bits per heavy atom. The molecule has 0 radical (unpaired) electrons. The number of hydrogen-bond donors (Lipinski definition) is 1. The number of amides is 2. The molecule has 8 nitrogen and oxygen atoms in total. The van der Waals surface area contributed by atoms with Crippen LogP contribution in [0.3, 0.4) is 0 Å². The maximum atomic E-state index is 13.1. The second-order valence-corrected chi connectivity index (χ2v) is 13.5. The minimum atomic E-state index is 0.0842. The summed E-state index contributed by atoms with van der Waals surface area (Å²) in [5.41, 5.74) is 11.6. The second kappa shape index (κ2) is 14.9. The minimum Gasteiger partial charge on any atom is -0.383 e. The quantitative estimate of drug-likeness (QED) is 0.251. The molecule has 2 saturated heterocycles. The Labute approximate surface area is 270 Å². The molecule has 8 heteroatoms. The van der Waals surface area contributed by atoms with E-state index in [9.17, 15) is 4.79 Å². The van der Waals surface area contributed by atoms with Crippen LogP contribution in [0, 0.1) is 26.7 Å². The number of aromatic nitrogens is 3. The first-order chi connectivity index (χ1) is 21.7. The Bertz CT molecular complexity index is 1500. The average molecular weight is 615 g/mol. The molecule has 1 unspecified atom stereocenters. The number of carbonyl (C=O) groups excluding carboxylic acids is 1. The smallest absolute Gasteiger partial charge is 0.317 e. The molecule has 2 aliphatic heterocycles. The third kappa shape index (κ3) is 7.28. The average Bonchev–Trinajstić information content (AvgIpc) is 3.70. The Kier molecular flexibility index (Phi) is 11.0. The van der Waals surface area contributed by atoms with Gasteiger partial charge in [0.1, 0.15) is 6.33 Å². The van der Waals surface area contributed by atoms with E-state index in [2.05, 4.69) is 86.2 Å². The number of aryl methyl sites for hydroxylation is 2. The first-order valence-electron chi connectivity index (χ1n) is 17.1. The van der Waals surface area contributed by atoms with E-state index in [4.69, 9.17) is 4.74 Å². The van der Waals surface area contributed by atoms with Crippen molar-refractivity contribution in [2.45, 2.75) is 92.0 Å². The molecule has 2 aliphatic rings. The van der Waals surface area contributed by atoms with E-state index in [1.807, 2.05) is 9.42 Å². The van der Waals surface area contributed by atoms with Gasteiger partial charge in [0.05, 0.1) is 6.61 Å². The van der Waals surface area contributed by atoms with Crippen molar-refractivity contribution in [1.29, 1.82) is 0 Å². The fourth-order valence-corrected chi connectivity index (χ4v) is 7.54. The van der Waals surface area contributed by atoms with Crippen molar-refractivity contribution in [2.24, 2.45) is 5.92 Å². The van der Waals surface area contributed by atoms with Crippen LogP contribution in [0.4, 0.5) is 4.79 Å². The predicted octanol–water partition coefficient (Wildman–Crippen LogP) is 7.02. The molecule has 1 atom stereocenters. The van der Waals surface area contributed by atoms with E-state index in [1.165, 1.54) is 50.9 Å². The van der Waals surface area contributed by atoms with Crippen LogP contribution in [0.2, 0.25) is 0 Å². The molecule has 1 N–H and O–H groups in total. The third-order valence-electron chi connectivity index (χ3n) is 10.2. The van der Waals surface area contributed by atoms with E-state index in [0.29, 0.717) is 17.9 Å². The molecule has 0 spiro atoms. The van der Waals surface area contributed by atoms with Gasteiger partial charge < -0.3 is 15.0 Å². The van der Waals surface area contributed by atoms with Crippen LogP contribution in [0.1, 0.15) is 98.6 Å². The van der Waals surface area contributed by atoms with Crippen molar-refractivity contribution in [1.82, 2.24) is 29.7 Å². The van der Waals surface area contributed by atoms with Gasteiger partial charge in [-0.3, -0.25) is 4.90 Å². The van der Waals surface area contributed by atoms with Gasteiger partial charge in [-0.25, -0.2) is 14.3 Å². The summed E-state index contributed by atoms with van der Waals surface area (Å²) in [6.07, 6.45) is 10.2. The maximum Gasteiger partial charge on any atom is 0.317 e. The lowest BCUT2D eigenvalue weighted by Gasteiger charge is -2.33. The Balaban J connectivity index is 1.34. The first kappa shape index (κ1) is 33.1. The number of benzene rings is 1. The number of urea groups is 1. The molecular formula is C37H54N6O2. The summed E-state index contributed by atoms with van der Waals surface area (Å²) in [6.45, 7) is 18.6. The molecule has 2 amide bonds. The molecule has 4 heterocycles. The van der Waals surface area contributed by atoms with Crippen LogP contribution in [-0.4, -0.2) is 82.9 Å². The number of piperidine rings is 1. The highest BCUT2D eigenvalue weighted by Crippen LogP contribution is 2.40. The molecule has 0 bridgehead atoms. The number of fused-ring (bicyclic) bond motifs is 1. The molecule has 2 aromatic heterocycles. The number of ether oxygens (including phenoxy) is 1. The highest BCUT2D eigenvalue weighted by atomic mass is 16.5. The SMILES string of the molecule is CCC/C(=C(\c1cc(C2CCN(C(=O)NCC3CCCN3CCOC)CC2)ccc1C)C(C)C)c1cn2ncnc2c(C)c1C. The largest absolute Gasteiger partial charge is 0.383 e. The number of rotatable bonds is 11. The molecule has 45 heavy (non-hydrogen) atoms. The molecule has 0 aliphatic carbocycles. The highest BCUT2D eigenvalue weighted by Gasteiger charge is 2.28. The molecule has 0 saturated carbocycles. The van der Waals surface area contributed by atoms with Crippen molar-refractivity contribution >= 4 is 22.8 Å². The van der Waals surface area contributed by atoms with Gasteiger partial charge in [0.2, 0.25) is 0 Å². The van der Waals surface area contributed by atoms with Crippen molar-refractivity contribution in [3.05, 3.63) is 64.1 Å². The number of methoxy groups -OCH3 is 1. The number of hydrogen-bond acceptors (Lipinski definition) is 5. The number of pyridine rings is 1. The zero-order chi connectivity index (χ0) is 32.1. The normalized spacial score (nSPS) is 18.7. The summed E-state index contributed by atoms with van der Waals surface area (Å²) in [5.74, 6) is 0.814. The summed E-state index contributed by atoms with van der Waals surface area (Å²) in [4.78, 5) is 22.1. The molecule has 3 aromatic rings. The Morgan fingerprint density at radius 3 is 2.56 bits per heavy atom. The van der Waals surface area contributed by atoms with Gasteiger partial charge in [-0.05, 0) is 116 Å². The Morgan fingerprint density at radius 2 is 1.84 bits per heavy atom. The summed E-state index contributed by atoms with van der Waals surface area (Å²) >= 11 is 0. The van der Waals surface area contributed by atoms with Crippen LogP contribution in [0.5, 0.6) is 0 Å². The molecule has 244 valence electrons. The van der Waals surface area contributed by atoms with E-state index in [0.717, 1.165) is 77.1 Å². The lowest BCUT2D eigenvalue weighted by molar-refractivity contribution is 0.138. The van der Waals surface area contributed by atoms with Crippen molar-refractivity contribution in [3.63, 3.8) is 0 Å². The van der Waals surface area contributed by atoms with Gasteiger partial charge >= 0.3 is 6.03 Å². The summed E-state index contributed by atoms with van der Waals surface area (Å²) in [7, 11) is 1.75. The second-order valence-electron chi connectivity index (χ2n) is 13.5. The number of nitrogens with one attached hydrogen (secondary N) is 1. The van der Waals surface area contributed by atoms with E-state index in [1.54, 1.807) is 13.4 Å². The summed E-state index contributed by atoms with van der Waals surface area (Å²) in [5, 5.41) is 7.75. The van der Waals surface area contributed by atoms with Gasteiger partial charge in [0.25, 0.3) is 0 Å². The van der Waals surface area contributed by atoms with Crippen LogP contribution >= 0.6 is 0 Å². The van der Waals surface area contributed by atoms with E-state index < -0.39 is 0 Å². The fourth-order valence-electron chi connectivity index (χ4n) is 7.54. The summed E-state index contributed by atoms with van der Waals surface area (Å²) in [6, 6.07) is 7.60. The topological polar surface area (TPSA) is 75.0 Å². The lowest BCUT2D eigenvalue weighted by Crippen LogP contribution is -2.48. The summed E-state index contributed by atoms with van der Waals surface area (Å²) < 4.78 is 7.21. The molecule has 2 fully saturated rings. The minimum absolute atomic E-state index is 0.0842. The molecule has 1 aromatic carbocycles. The first-order valence-corrected chi connectivity index (χ1v) is 17.1. The zero-order valence-electron chi connectivity index (χ0n) is 28.7. The van der Waals surface area contributed by atoms with Crippen LogP contribution in [0.25, 0.3) is 16.8 Å². The van der Waals surface area contributed by atoms with Crippen LogP contribution < -0.4 is 5.32 Å². The van der Waals surface area contributed by atoms with Crippen molar-refractivity contribution < 1.29 is 9.53 Å². The maximum absolute atomic E-state index is 13.1. The van der Waals surface area contributed by atoms with E-state index in [-0.39, 0.29) is 6.03 Å². The van der Waals surface area contributed by atoms with Gasteiger partial charge in [-0.1, -0.05) is 45.4 Å². The zero-order valence-corrected chi connectivity index (χ0v) is 28.7. The van der Waals surface area contributed by atoms with Gasteiger partial charge in [0.15, 0.2) is 5.65 Å². The van der Waals surface area contributed by atoms with Crippen LogP contribution in [0.15, 0.2) is 30.7 Å². The predicted molar refractivity (Wildman–Crippen MR) is 184 cm³/mol. The number of allylic oxidation sites excluding steroid dienone is 2.